The third kappa shape index (κ3) is 6.52. The van der Waals surface area contributed by atoms with Crippen LogP contribution in [0.3, 0.4) is 0 Å². The molecule has 1 aliphatic carbocycles. The summed E-state index contributed by atoms with van der Waals surface area (Å²) in [6.07, 6.45) is -5.48. The first-order chi connectivity index (χ1) is 17.7. The monoisotopic (exact) mass is 546 g/mol. The van der Waals surface area contributed by atoms with E-state index in [9.17, 15) is 15.3 Å². The van der Waals surface area contributed by atoms with Gasteiger partial charge in [-0.2, -0.15) is 4.99 Å². The van der Waals surface area contributed by atoms with Gasteiger partial charge in [-0.05, 0) is 26.5 Å². The summed E-state index contributed by atoms with van der Waals surface area (Å²) >= 11 is 0. The van der Waals surface area contributed by atoms with Gasteiger partial charge in [-0.3, -0.25) is 0 Å². The number of guanidine groups is 2. The predicted octanol–water partition coefficient (Wildman–Crippen LogP) is -5.94. The zero-order valence-corrected chi connectivity index (χ0v) is 21.5. The second-order valence-corrected chi connectivity index (χ2v) is 10.1. The van der Waals surface area contributed by atoms with Crippen molar-refractivity contribution in [2.24, 2.45) is 50.1 Å². The summed E-state index contributed by atoms with van der Waals surface area (Å²) < 4.78 is 23.4. The van der Waals surface area contributed by atoms with E-state index in [2.05, 4.69) is 15.3 Å². The lowest BCUT2D eigenvalue weighted by atomic mass is 9.84. The van der Waals surface area contributed by atoms with E-state index in [0.717, 1.165) is 0 Å². The Bertz CT molecular complexity index is 917. The van der Waals surface area contributed by atoms with Crippen molar-refractivity contribution in [1.29, 1.82) is 0 Å². The van der Waals surface area contributed by atoms with Gasteiger partial charge in [-0.25, -0.2) is 4.99 Å². The lowest BCUT2D eigenvalue weighted by molar-refractivity contribution is -0.304. The second kappa shape index (κ2) is 11.9. The number of likely N-dealkylation sites (N-methyl/N-ethyl adjacent to an activating group) is 1. The van der Waals surface area contributed by atoms with Crippen LogP contribution in [0.2, 0.25) is 0 Å². The molecule has 0 aromatic rings. The lowest BCUT2D eigenvalue weighted by Crippen LogP contribution is -2.69. The van der Waals surface area contributed by atoms with Crippen molar-refractivity contribution in [3.63, 3.8) is 0 Å². The second-order valence-electron chi connectivity index (χ2n) is 10.1. The largest absolute Gasteiger partial charge is 0.464 e. The molecule has 2 heterocycles. The Balaban J connectivity index is 1.82. The summed E-state index contributed by atoms with van der Waals surface area (Å²) in [6.45, 7) is 1.44. The van der Waals surface area contributed by atoms with Crippen LogP contribution in [0, 0.1) is 0 Å². The molecule has 0 amide bonds. The minimum Gasteiger partial charge on any atom is -0.464 e. The van der Waals surface area contributed by atoms with Crippen LogP contribution in [0.4, 0.5) is 0 Å². The van der Waals surface area contributed by atoms with E-state index >= 15 is 0 Å². The van der Waals surface area contributed by atoms with Crippen LogP contribution in [0.1, 0.15) is 19.8 Å². The van der Waals surface area contributed by atoms with Crippen molar-refractivity contribution >= 4 is 11.9 Å². The Morgan fingerprint density at radius 2 is 1.79 bits per heavy atom. The third-order valence-corrected chi connectivity index (χ3v) is 6.87. The molecule has 3 rings (SSSR count). The van der Waals surface area contributed by atoms with E-state index < -0.39 is 66.4 Å². The molecule has 18 N–H and O–H groups in total. The fourth-order valence-electron chi connectivity index (χ4n) is 4.91. The van der Waals surface area contributed by atoms with Gasteiger partial charge in [0.2, 0.25) is 12.2 Å². The van der Waals surface area contributed by atoms with Gasteiger partial charge in [0, 0.05) is 18.5 Å². The molecule has 38 heavy (non-hydrogen) atoms. The fraction of sp³-hybridized carbons (Fsp3) is 0.810. The molecule has 218 valence electrons. The predicted molar refractivity (Wildman–Crippen MR) is 137 cm³/mol. The average molecular weight is 547 g/mol. The van der Waals surface area contributed by atoms with Gasteiger partial charge < -0.3 is 79.7 Å². The number of rotatable bonds is 7. The topological polar surface area (TPSA) is 316 Å². The van der Waals surface area contributed by atoms with E-state index in [1.54, 1.807) is 13.1 Å². The summed E-state index contributed by atoms with van der Waals surface area (Å²) in [4.78, 5) is 7.85. The SMILES string of the molecule is CN[C@@H]1[C@@H](O)[C@@H](O[C@@H]2[C@@H](O)[C@H](O[C@H]3OC(CN)=CC[C@]3(N)N=C(N)N=C(N)N)[C@@H](N)C[C@H]2N)OC[C@]1(C)O. The Morgan fingerprint density at radius 3 is 2.37 bits per heavy atom. The van der Waals surface area contributed by atoms with Gasteiger partial charge in [0.05, 0.1) is 19.2 Å². The zero-order chi connectivity index (χ0) is 28.4. The number of ether oxygens (including phenoxy) is 4. The highest BCUT2D eigenvalue weighted by Crippen LogP contribution is 2.33. The zero-order valence-electron chi connectivity index (χ0n) is 21.5. The number of nitrogens with zero attached hydrogens (tertiary/aromatic N) is 2. The molecule has 2 aliphatic heterocycles. The molecule has 3 aliphatic rings. The summed E-state index contributed by atoms with van der Waals surface area (Å²) in [5.74, 6) is -0.265. The maximum absolute atomic E-state index is 11.3. The van der Waals surface area contributed by atoms with Crippen LogP contribution in [0.5, 0.6) is 0 Å². The third-order valence-electron chi connectivity index (χ3n) is 6.87. The molecule has 0 aromatic heterocycles. The smallest absolute Gasteiger partial charge is 0.238 e. The molecular weight excluding hydrogens is 504 g/mol. The first-order valence-corrected chi connectivity index (χ1v) is 12.2. The number of aliphatic imine (C=N–C) groups is 2. The van der Waals surface area contributed by atoms with E-state index in [4.69, 9.17) is 59.1 Å². The minimum atomic E-state index is -1.61. The first-order valence-electron chi connectivity index (χ1n) is 12.2. The molecule has 0 unspecified atom stereocenters. The van der Waals surface area contributed by atoms with E-state index in [1.807, 2.05) is 0 Å². The molecule has 0 bridgehead atoms. The fourth-order valence-corrected chi connectivity index (χ4v) is 4.91. The van der Waals surface area contributed by atoms with Crippen LogP contribution in [0.25, 0.3) is 0 Å². The molecule has 17 heteroatoms. The molecule has 1 saturated heterocycles. The van der Waals surface area contributed by atoms with Crippen LogP contribution in [0.15, 0.2) is 21.8 Å². The Labute approximate surface area is 220 Å². The van der Waals surface area contributed by atoms with Gasteiger partial charge in [0.25, 0.3) is 0 Å². The van der Waals surface area contributed by atoms with E-state index in [-0.39, 0.29) is 37.9 Å². The highest BCUT2D eigenvalue weighted by Gasteiger charge is 2.52. The van der Waals surface area contributed by atoms with Crippen LogP contribution in [-0.2, 0) is 18.9 Å². The van der Waals surface area contributed by atoms with Gasteiger partial charge in [0.1, 0.15) is 35.8 Å². The summed E-state index contributed by atoms with van der Waals surface area (Å²) in [6, 6.07) is -2.27. The van der Waals surface area contributed by atoms with Crippen molar-refractivity contribution in [1.82, 2.24) is 5.32 Å². The Morgan fingerprint density at radius 1 is 1.16 bits per heavy atom. The molecular formula is C21H42N10O7. The van der Waals surface area contributed by atoms with Crippen molar-refractivity contribution < 1.29 is 34.3 Å². The maximum Gasteiger partial charge on any atom is 0.238 e. The average Bonchev–Trinajstić information content (AvgIpc) is 2.81. The highest BCUT2D eigenvalue weighted by atomic mass is 16.7. The van der Waals surface area contributed by atoms with Gasteiger partial charge >= 0.3 is 0 Å². The lowest BCUT2D eigenvalue weighted by Gasteiger charge is -2.48. The van der Waals surface area contributed by atoms with Crippen LogP contribution in [-0.4, -0.2) is 114 Å². The first kappa shape index (κ1) is 30.4. The molecule has 0 spiro atoms. The summed E-state index contributed by atoms with van der Waals surface area (Å²) in [7, 11) is 1.59. The molecule has 11 atom stereocenters. The minimum absolute atomic E-state index is 0.0479. The summed E-state index contributed by atoms with van der Waals surface area (Å²) in [5, 5.41) is 35.4. The standard InChI is InChI=1S/C21H42N10O7/c1-20(34)7-35-16(12(33)15(20)29-2)37-13-9(23)5-10(24)14(11(13)32)38-17-21(28,4-3-8(6-22)36-17)31-19(27)30-18(25)26/h3,9-17,29,32-34H,4-7,22-24,28H2,1-2H3,(H6,25,26,27,30,31)/t9-,10+,11-,12-,13+,14-,15-,16-,17-,20+,21+/m1/s1. The van der Waals surface area contributed by atoms with Crippen LogP contribution < -0.4 is 45.5 Å². The number of aliphatic hydroxyl groups excluding tert-OH is 2. The Hall–Kier alpha value is -2.16. The van der Waals surface area contributed by atoms with Gasteiger partial charge in [0.15, 0.2) is 17.9 Å². The van der Waals surface area contributed by atoms with E-state index in [0.29, 0.717) is 5.76 Å². The number of nitrogens with one attached hydrogen (secondary N) is 1. The molecule has 2 fully saturated rings. The number of hydrogen-bond acceptors (Lipinski definition) is 13. The highest BCUT2D eigenvalue weighted by molar-refractivity contribution is 5.92. The number of aliphatic hydroxyl groups is 3. The molecule has 1 saturated carbocycles. The van der Waals surface area contributed by atoms with Crippen molar-refractivity contribution in [2.45, 2.75) is 86.2 Å². The van der Waals surface area contributed by atoms with Crippen molar-refractivity contribution in [2.75, 3.05) is 20.2 Å². The number of nitrogens with two attached hydrogens (primary N) is 7. The van der Waals surface area contributed by atoms with Gasteiger partial charge in [-0.15, -0.1) is 0 Å². The van der Waals surface area contributed by atoms with E-state index in [1.165, 1.54) is 6.92 Å². The van der Waals surface area contributed by atoms with Crippen LogP contribution >= 0.6 is 0 Å². The quantitative estimate of drug-likeness (QED) is 0.105. The summed E-state index contributed by atoms with van der Waals surface area (Å²) in [5.41, 5.74) is 38.4. The molecule has 17 nitrogen and oxygen atoms in total. The maximum atomic E-state index is 11.3. The molecule has 0 radical (unpaired) electrons. The van der Waals surface area contributed by atoms with Crippen molar-refractivity contribution in [3.05, 3.63) is 11.8 Å². The van der Waals surface area contributed by atoms with Crippen molar-refractivity contribution in [3.8, 4) is 0 Å². The normalized spacial score (nSPS) is 44.2. The number of hydrogen-bond donors (Lipinski definition) is 11. The molecule has 0 aromatic carbocycles. The van der Waals surface area contributed by atoms with Gasteiger partial charge in [-0.1, -0.05) is 0 Å². The Kier molecular flexibility index (Phi) is 9.54.